The summed E-state index contributed by atoms with van der Waals surface area (Å²) in [4.78, 5) is 34.6. The van der Waals surface area contributed by atoms with E-state index in [1.54, 1.807) is 0 Å². The molecule has 1 aromatic carbocycles. The number of amides is 3. The number of nitrogens with one attached hydrogen (secondary N) is 1. The lowest BCUT2D eigenvalue weighted by molar-refractivity contribution is -0.120. The zero-order valence-electron chi connectivity index (χ0n) is 9.44. The molecule has 0 aliphatic carbocycles. The summed E-state index contributed by atoms with van der Waals surface area (Å²) < 4.78 is 13.9. The molecule has 0 bridgehead atoms. The number of carbonyl (C=O) groups is 3. The van der Waals surface area contributed by atoms with E-state index in [9.17, 15) is 18.8 Å². The van der Waals surface area contributed by atoms with Crippen LogP contribution >= 0.6 is 15.9 Å². The van der Waals surface area contributed by atoms with Gasteiger partial charge < -0.3 is 5.11 Å². The molecule has 0 saturated carbocycles. The molecule has 1 saturated heterocycles. The third-order valence-electron chi connectivity index (χ3n) is 2.61. The molecule has 0 radical (unpaired) electrons. The maximum absolute atomic E-state index is 13.8. The Kier molecular flexibility index (Phi) is 3.52. The molecule has 1 aliphatic heterocycles. The number of imide groups is 1. The Labute approximate surface area is 115 Å². The maximum atomic E-state index is 13.8. The van der Waals surface area contributed by atoms with Gasteiger partial charge in [0.1, 0.15) is 5.82 Å². The van der Waals surface area contributed by atoms with Crippen LogP contribution in [0.4, 0.5) is 14.9 Å². The number of hydrogen-bond donors (Lipinski definition) is 2. The van der Waals surface area contributed by atoms with Crippen LogP contribution in [-0.2, 0) is 4.79 Å². The van der Waals surface area contributed by atoms with E-state index in [0.717, 1.165) is 17.0 Å². The number of carboxylic acid groups (broad SMARTS) is 1. The Bertz CT molecular complexity index is 590. The van der Waals surface area contributed by atoms with Crippen molar-refractivity contribution in [2.75, 3.05) is 11.4 Å². The van der Waals surface area contributed by atoms with Gasteiger partial charge in [0.25, 0.3) is 0 Å². The van der Waals surface area contributed by atoms with Gasteiger partial charge in [0.2, 0.25) is 5.91 Å². The number of hydrogen-bond acceptors (Lipinski definition) is 3. The van der Waals surface area contributed by atoms with E-state index in [1.807, 2.05) is 5.32 Å². The minimum absolute atomic E-state index is 0.00226. The van der Waals surface area contributed by atoms with Crippen LogP contribution in [0.3, 0.4) is 0 Å². The summed E-state index contributed by atoms with van der Waals surface area (Å²) in [5.74, 6) is -2.44. The SMILES string of the molecule is O=C1CCN(c2cc(C(=O)O)c(Br)cc2F)C(=O)N1. The van der Waals surface area contributed by atoms with Gasteiger partial charge in [-0.05, 0) is 28.1 Å². The lowest BCUT2D eigenvalue weighted by atomic mass is 10.1. The first-order valence-electron chi connectivity index (χ1n) is 5.24. The summed E-state index contributed by atoms with van der Waals surface area (Å²) in [5, 5.41) is 11.0. The van der Waals surface area contributed by atoms with Gasteiger partial charge in [-0.1, -0.05) is 0 Å². The Morgan fingerprint density at radius 3 is 2.68 bits per heavy atom. The largest absolute Gasteiger partial charge is 0.478 e. The van der Waals surface area contributed by atoms with Crippen molar-refractivity contribution < 1.29 is 23.9 Å². The average molecular weight is 331 g/mol. The number of anilines is 1. The molecule has 1 heterocycles. The van der Waals surface area contributed by atoms with Crippen LogP contribution in [0.1, 0.15) is 16.8 Å². The molecule has 1 aromatic rings. The quantitative estimate of drug-likeness (QED) is 0.864. The van der Waals surface area contributed by atoms with Crippen molar-refractivity contribution in [3.63, 3.8) is 0 Å². The molecule has 19 heavy (non-hydrogen) atoms. The van der Waals surface area contributed by atoms with Crippen molar-refractivity contribution in [2.45, 2.75) is 6.42 Å². The van der Waals surface area contributed by atoms with Gasteiger partial charge >= 0.3 is 12.0 Å². The number of aromatic carboxylic acids is 1. The van der Waals surface area contributed by atoms with Crippen molar-refractivity contribution in [1.82, 2.24) is 5.32 Å². The van der Waals surface area contributed by atoms with Crippen molar-refractivity contribution in [1.29, 1.82) is 0 Å². The predicted octanol–water partition coefficient (Wildman–Crippen LogP) is 1.73. The van der Waals surface area contributed by atoms with E-state index >= 15 is 0 Å². The molecule has 100 valence electrons. The normalized spacial score (nSPS) is 15.4. The Morgan fingerprint density at radius 1 is 1.42 bits per heavy atom. The number of halogens is 2. The smallest absolute Gasteiger partial charge is 0.336 e. The highest BCUT2D eigenvalue weighted by molar-refractivity contribution is 9.10. The molecule has 1 fully saturated rings. The standard InChI is InChI=1S/C11H8BrFN2O4/c12-6-4-7(13)8(3-5(6)10(17)18)15-2-1-9(16)14-11(15)19/h3-4H,1-2H2,(H,17,18)(H,14,16,19). The minimum Gasteiger partial charge on any atom is -0.478 e. The van der Waals surface area contributed by atoms with Gasteiger partial charge in [0.15, 0.2) is 0 Å². The molecule has 3 amide bonds. The van der Waals surface area contributed by atoms with Crippen LogP contribution in [0.25, 0.3) is 0 Å². The van der Waals surface area contributed by atoms with Crippen molar-refractivity contribution >= 4 is 39.5 Å². The van der Waals surface area contributed by atoms with Crippen LogP contribution in [-0.4, -0.2) is 29.6 Å². The topological polar surface area (TPSA) is 86.7 Å². The third kappa shape index (κ3) is 2.58. The van der Waals surface area contributed by atoms with Crippen molar-refractivity contribution in [2.24, 2.45) is 0 Å². The first-order chi connectivity index (χ1) is 8.90. The van der Waals surface area contributed by atoms with Gasteiger partial charge in [0, 0.05) is 17.4 Å². The molecule has 8 heteroatoms. The zero-order chi connectivity index (χ0) is 14.2. The number of urea groups is 1. The van der Waals surface area contributed by atoms with Crippen molar-refractivity contribution in [3.8, 4) is 0 Å². The number of carbonyl (C=O) groups excluding carboxylic acids is 2. The minimum atomic E-state index is -1.25. The van der Waals surface area contributed by atoms with E-state index in [-0.39, 0.29) is 28.7 Å². The molecule has 0 aromatic heterocycles. The lowest BCUT2D eigenvalue weighted by Crippen LogP contribution is -2.50. The Hall–Kier alpha value is -1.96. The molecule has 6 nitrogen and oxygen atoms in total. The molecule has 2 rings (SSSR count). The van der Waals surface area contributed by atoms with Gasteiger partial charge in [0.05, 0.1) is 11.3 Å². The van der Waals surface area contributed by atoms with Gasteiger partial charge in [-0.25, -0.2) is 14.0 Å². The average Bonchev–Trinajstić information content (AvgIpc) is 2.30. The second kappa shape index (κ2) is 4.96. The summed E-state index contributed by atoms with van der Waals surface area (Å²) in [6.07, 6.45) is 0.0314. The number of benzene rings is 1. The van der Waals surface area contributed by atoms with E-state index in [2.05, 4.69) is 15.9 Å². The van der Waals surface area contributed by atoms with Crippen LogP contribution in [0, 0.1) is 5.82 Å². The van der Waals surface area contributed by atoms with Crippen LogP contribution in [0.5, 0.6) is 0 Å². The summed E-state index contributed by atoms with van der Waals surface area (Å²) in [6.45, 7) is 0.00226. The molecule has 1 aliphatic rings. The summed E-state index contributed by atoms with van der Waals surface area (Å²) in [7, 11) is 0. The van der Waals surface area contributed by atoms with Gasteiger partial charge in [-0.15, -0.1) is 0 Å². The number of nitrogens with zero attached hydrogens (tertiary/aromatic N) is 1. The second-order valence-electron chi connectivity index (χ2n) is 3.84. The Morgan fingerprint density at radius 2 is 2.11 bits per heavy atom. The Balaban J connectivity index is 2.44. The monoisotopic (exact) mass is 330 g/mol. The first-order valence-corrected chi connectivity index (χ1v) is 6.03. The molecule has 0 unspecified atom stereocenters. The maximum Gasteiger partial charge on any atom is 0.336 e. The van der Waals surface area contributed by atoms with Crippen LogP contribution in [0.15, 0.2) is 16.6 Å². The lowest BCUT2D eigenvalue weighted by Gasteiger charge is -2.27. The van der Waals surface area contributed by atoms with E-state index < -0.39 is 23.7 Å². The van der Waals surface area contributed by atoms with Gasteiger partial charge in [-0.2, -0.15) is 0 Å². The highest BCUT2D eigenvalue weighted by Crippen LogP contribution is 2.28. The fourth-order valence-corrected chi connectivity index (χ4v) is 2.19. The van der Waals surface area contributed by atoms with E-state index in [0.29, 0.717) is 0 Å². The summed E-state index contributed by atoms with van der Waals surface area (Å²) in [5.41, 5.74) is -0.341. The van der Waals surface area contributed by atoms with Crippen LogP contribution < -0.4 is 10.2 Å². The molecule has 0 spiro atoms. The number of rotatable bonds is 2. The fourth-order valence-electron chi connectivity index (χ4n) is 1.70. The number of carboxylic acids is 1. The second-order valence-corrected chi connectivity index (χ2v) is 4.70. The third-order valence-corrected chi connectivity index (χ3v) is 3.27. The summed E-state index contributed by atoms with van der Waals surface area (Å²) in [6, 6.07) is 1.26. The van der Waals surface area contributed by atoms with E-state index in [1.165, 1.54) is 0 Å². The van der Waals surface area contributed by atoms with Gasteiger partial charge in [-0.3, -0.25) is 15.0 Å². The highest BCUT2D eigenvalue weighted by atomic mass is 79.9. The fraction of sp³-hybridized carbons (Fsp3) is 0.182. The zero-order valence-corrected chi connectivity index (χ0v) is 11.0. The van der Waals surface area contributed by atoms with Crippen molar-refractivity contribution in [3.05, 3.63) is 28.0 Å². The highest BCUT2D eigenvalue weighted by Gasteiger charge is 2.27. The predicted molar refractivity (Wildman–Crippen MR) is 66.6 cm³/mol. The first kappa shape index (κ1) is 13.5. The molecule has 2 N–H and O–H groups in total. The van der Waals surface area contributed by atoms with Crippen LogP contribution in [0.2, 0.25) is 0 Å². The molecule has 0 atom stereocenters. The molecular weight excluding hydrogens is 323 g/mol. The summed E-state index contributed by atoms with van der Waals surface area (Å²) >= 11 is 2.94. The van der Waals surface area contributed by atoms with E-state index in [4.69, 9.17) is 5.11 Å². The molecular formula is C11H8BrFN2O4.